The lowest BCUT2D eigenvalue weighted by Crippen LogP contribution is -2.46. The van der Waals surface area contributed by atoms with Crippen molar-refractivity contribution in [3.8, 4) is 0 Å². The van der Waals surface area contributed by atoms with Crippen LogP contribution >= 0.6 is 0 Å². The molecule has 3 rings (SSSR count). The maximum atomic E-state index is 12.3. The van der Waals surface area contributed by atoms with Crippen LogP contribution in [0.5, 0.6) is 0 Å². The molecule has 1 heterocycles. The first kappa shape index (κ1) is 23.2. The zero-order valence-electron chi connectivity index (χ0n) is 18.1. The quantitative estimate of drug-likeness (QED) is 0.361. The number of hydrogen-bond acceptors (Lipinski definition) is 6. The molecule has 0 radical (unpaired) electrons. The fourth-order valence-corrected chi connectivity index (χ4v) is 4.81. The van der Waals surface area contributed by atoms with Crippen molar-refractivity contribution in [1.29, 1.82) is 0 Å². The second-order valence-electron chi connectivity index (χ2n) is 7.97. The standard InChI is InChI=1S/C22H30N4O4S/c1-18-5-9-21(10-6-18)31(29,30)23-11-3-4-12-24-13-15-25(16-14-24)22-17-20(26(27)28)8-7-19(22)2/h5-10,17,23H,3-4,11-16H2,1-2H3. The van der Waals surface area contributed by atoms with Crippen LogP contribution in [0.3, 0.4) is 0 Å². The Kier molecular flexibility index (Phi) is 7.64. The molecular formula is C22H30N4O4S. The van der Waals surface area contributed by atoms with Crippen LogP contribution in [0.2, 0.25) is 0 Å². The minimum absolute atomic E-state index is 0.121. The summed E-state index contributed by atoms with van der Waals surface area (Å²) in [5.41, 5.74) is 3.12. The molecule has 0 spiro atoms. The maximum Gasteiger partial charge on any atom is 0.271 e. The fourth-order valence-electron chi connectivity index (χ4n) is 3.73. The molecule has 9 heteroatoms. The summed E-state index contributed by atoms with van der Waals surface area (Å²) in [5, 5.41) is 11.1. The summed E-state index contributed by atoms with van der Waals surface area (Å²) in [7, 11) is -3.45. The Morgan fingerprint density at radius 1 is 1.00 bits per heavy atom. The number of sulfonamides is 1. The van der Waals surface area contributed by atoms with Crippen LogP contribution in [0.25, 0.3) is 0 Å². The molecule has 1 saturated heterocycles. The minimum Gasteiger partial charge on any atom is -0.369 e. The zero-order chi connectivity index (χ0) is 22.4. The lowest BCUT2D eigenvalue weighted by atomic mass is 10.1. The first-order valence-electron chi connectivity index (χ1n) is 10.5. The molecule has 1 aliphatic rings. The average molecular weight is 447 g/mol. The van der Waals surface area contributed by atoms with Crippen LogP contribution < -0.4 is 9.62 Å². The van der Waals surface area contributed by atoms with Gasteiger partial charge in [-0.25, -0.2) is 13.1 Å². The van der Waals surface area contributed by atoms with E-state index in [4.69, 9.17) is 0 Å². The number of nitrogens with zero attached hydrogens (tertiary/aromatic N) is 3. The van der Waals surface area contributed by atoms with Gasteiger partial charge < -0.3 is 4.90 Å². The van der Waals surface area contributed by atoms with Crippen molar-refractivity contribution in [3.63, 3.8) is 0 Å². The zero-order valence-corrected chi connectivity index (χ0v) is 18.9. The van der Waals surface area contributed by atoms with Gasteiger partial charge in [0.05, 0.1) is 9.82 Å². The second-order valence-corrected chi connectivity index (χ2v) is 9.74. The van der Waals surface area contributed by atoms with Gasteiger partial charge in [-0.15, -0.1) is 0 Å². The Bertz CT molecular complexity index is 1000. The highest BCUT2D eigenvalue weighted by Crippen LogP contribution is 2.26. The van der Waals surface area contributed by atoms with E-state index in [0.717, 1.165) is 62.4 Å². The topological polar surface area (TPSA) is 95.8 Å². The fraction of sp³-hybridized carbons (Fsp3) is 0.455. The van der Waals surface area contributed by atoms with E-state index >= 15 is 0 Å². The number of aryl methyl sites for hydroxylation is 2. The lowest BCUT2D eigenvalue weighted by molar-refractivity contribution is -0.384. The molecule has 0 amide bonds. The Balaban J connectivity index is 1.40. The number of piperazine rings is 1. The third-order valence-corrected chi connectivity index (χ3v) is 7.12. The summed E-state index contributed by atoms with van der Waals surface area (Å²) in [6.45, 7) is 8.65. The molecule has 2 aromatic rings. The first-order valence-corrected chi connectivity index (χ1v) is 12.0. The Hall–Kier alpha value is -2.49. The van der Waals surface area contributed by atoms with E-state index < -0.39 is 10.0 Å². The summed E-state index contributed by atoms with van der Waals surface area (Å²) in [4.78, 5) is 15.6. The third-order valence-electron chi connectivity index (χ3n) is 5.64. The summed E-state index contributed by atoms with van der Waals surface area (Å²) < 4.78 is 27.3. The number of unbranched alkanes of at least 4 members (excludes halogenated alkanes) is 1. The molecule has 2 aromatic carbocycles. The largest absolute Gasteiger partial charge is 0.369 e. The average Bonchev–Trinajstić information content (AvgIpc) is 2.74. The Morgan fingerprint density at radius 2 is 1.68 bits per heavy atom. The van der Waals surface area contributed by atoms with E-state index in [0.29, 0.717) is 11.4 Å². The van der Waals surface area contributed by atoms with E-state index in [1.807, 2.05) is 13.8 Å². The van der Waals surface area contributed by atoms with Crippen LogP contribution in [0.1, 0.15) is 24.0 Å². The number of hydrogen-bond donors (Lipinski definition) is 1. The van der Waals surface area contributed by atoms with Crippen molar-refractivity contribution in [3.05, 3.63) is 63.7 Å². The van der Waals surface area contributed by atoms with E-state index in [9.17, 15) is 18.5 Å². The smallest absolute Gasteiger partial charge is 0.271 e. The van der Waals surface area contributed by atoms with E-state index in [1.165, 1.54) is 0 Å². The Morgan fingerprint density at radius 3 is 2.32 bits per heavy atom. The molecule has 168 valence electrons. The van der Waals surface area contributed by atoms with Crippen molar-refractivity contribution in [2.24, 2.45) is 0 Å². The number of anilines is 1. The van der Waals surface area contributed by atoms with Gasteiger partial charge in [-0.2, -0.15) is 0 Å². The van der Waals surface area contributed by atoms with E-state index in [-0.39, 0.29) is 10.6 Å². The van der Waals surface area contributed by atoms with Gasteiger partial charge >= 0.3 is 0 Å². The molecule has 1 aliphatic heterocycles. The number of benzene rings is 2. The molecule has 0 atom stereocenters. The summed E-state index contributed by atoms with van der Waals surface area (Å²) >= 11 is 0. The molecule has 8 nitrogen and oxygen atoms in total. The van der Waals surface area contributed by atoms with Crippen molar-refractivity contribution >= 4 is 21.4 Å². The van der Waals surface area contributed by atoms with Gasteiger partial charge in [0.2, 0.25) is 10.0 Å². The van der Waals surface area contributed by atoms with Crippen molar-refractivity contribution in [2.45, 2.75) is 31.6 Å². The molecule has 1 N–H and O–H groups in total. The highest BCUT2D eigenvalue weighted by molar-refractivity contribution is 7.89. The Labute approximate surface area is 184 Å². The predicted octanol–water partition coefficient (Wildman–Crippen LogP) is 3.09. The van der Waals surface area contributed by atoms with E-state index in [1.54, 1.807) is 42.5 Å². The summed E-state index contributed by atoms with van der Waals surface area (Å²) in [6, 6.07) is 11.8. The number of rotatable bonds is 9. The molecule has 0 bridgehead atoms. The van der Waals surface area contributed by atoms with Gasteiger partial charge in [0, 0.05) is 50.5 Å². The highest BCUT2D eigenvalue weighted by Gasteiger charge is 2.20. The molecule has 0 unspecified atom stereocenters. The van der Waals surface area contributed by atoms with Crippen molar-refractivity contribution < 1.29 is 13.3 Å². The van der Waals surface area contributed by atoms with Crippen LogP contribution in [0, 0.1) is 24.0 Å². The monoisotopic (exact) mass is 446 g/mol. The molecule has 1 fully saturated rings. The van der Waals surface area contributed by atoms with Crippen LogP contribution in [-0.4, -0.2) is 57.5 Å². The summed E-state index contributed by atoms with van der Waals surface area (Å²) in [5.74, 6) is 0. The number of nitro groups is 1. The second kappa shape index (κ2) is 10.2. The van der Waals surface area contributed by atoms with Gasteiger partial charge in [0.15, 0.2) is 0 Å². The number of nitro benzene ring substituents is 1. The van der Waals surface area contributed by atoms with Crippen LogP contribution in [-0.2, 0) is 10.0 Å². The van der Waals surface area contributed by atoms with Gasteiger partial charge in [-0.1, -0.05) is 23.8 Å². The SMILES string of the molecule is Cc1ccc(S(=O)(=O)NCCCCN2CCN(c3cc([N+](=O)[O-])ccc3C)CC2)cc1. The maximum absolute atomic E-state index is 12.3. The molecule has 0 aliphatic carbocycles. The minimum atomic E-state index is -3.45. The normalized spacial score (nSPS) is 15.2. The van der Waals surface area contributed by atoms with Gasteiger partial charge in [-0.05, 0) is 50.9 Å². The van der Waals surface area contributed by atoms with Crippen molar-refractivity contribution in [1.82, 2.24) is 9.62 Å². The lowest BCUT2D eigenvalue weighted by Gasteiger charge is -2.36. The predicted molar refractivity (Wildman–Crippen MR) is 122 cm³/mol. The molecule has 0 aromatic heterocycles. The van der Waals surface area contributed by atoms with Gasteiger partial charge in [0.25, 0.3) is 5.69 Å². The highest BCUT2D eigenvalue weighted by atomic mass is 32.2. The van der Waals surface area contributed by atoms with Crippen LogP contribution in [0.4, 0.5) is 11.4 Å². The molecular weight excluding hydrogens is 416 g/mol. The molecule has 0 saturated carbocycles. The first-order chi connectivity index (χ1) is 14.8. The third kappa shape index (κ3) is 6.25. The van der Waals surface area contributed by atoms with Crippen LogP contribution in [0.15, 0.2) is 47.4 Å². The van der Waals surface area contributed by atoms with Gasteiger partial charge in [0.1, 0.15) is 0 Å². The van der Waals surface area contributed by atoms with E-state index in [2.05, 4.69) is 14.5 Å². The summed E-state index contributed by atoms with van der Waals surface area (Å²) in [6.07, 6.45) is 1.68. The van der Waals surface area contributed by atoms with Crippen molar-refractivity contribution in [2.75, 3.05) is 44.2 Å². The van der Waals surface area contributed by atoms with Gasteiger partial charge in [-0.3, -0.25) is 15.0 Å². The molecule has 31 heavy (non-hydrogen) atoms. The number of nitrogens with one attached hydrogen (secondary N) is 1. The number of non-ortho nitro benzene ring substituents is 1.